The molecule has 9 heteroatoms. The van der Waals surface area contributed by atoms with Crippen LogP contribution in [0.15, 0.2) is 29.3 Å². The van der Waals surface area contributed by atoms with Gasteiger partial charge in [0.15, 0.2) is 5.03 Å². The Morgan fingerprint density at radius 3 is 2.77 bits per heavy atom. The second-order valence-electron chi connectivity index (χ2n) is 4.73. The van der Waals surface area contributed by atoms with Crippen LogP contribution in [0.2, 0.25) is 0 Å². The summed E-state index contributed by atoms with van der Waals surface area (Å²) in [7, 11) is -3.85. The van der Waals surface area contributed by atoms with Crippen molar-refractivity contribution in [3.8, 4) is 0 Å². The zero-order valence-corrected chi connectivity index (χ0v) is 13.5. The lowest BCUT2D eigenvalue weighted by atomic mass is 10.2. The highest BCUT2D eigenvalue weighted by Gasteiger charge is 2.25. The van der Waals surface area contributed by atoms with Crippen LogP contribution in [0.5, 0.6) is 0 Å². The zero-order chi connectivity index (χ0) is 15.9. The van der Waals surface area contributed by atoms with Gasteiger partial charge in [0.2, 0.25) is 4.96 Å². The van der Waals surface area contributed by atoms with Crippen LogP contribution in [0.25, 0.3) is 4.96 Å². The summed E-state index contributed by atoms with van der Waals surface area (Å²) in [6.07, 6.45) is 0. The largest absolute Gasteiger partial charge is 0.260 e. The summed E-state index contributed by atoms with van der Waals surface area (Å²) in [5.41, 5.74) is 0.638. The van der Waals surface area contributed by atoms with E-state index in [1.807, 2.05) is 0 Å². The van der Waals surface area contributed by atoms with Crippen LogP contribution in [-0.2, 0) is 16.6 Å². The van der Waals surface area contributed by atoms with E-state index >= 15 is 0 Å². The maximum Gasteiger partial charge on any atom is 0.260 e. The van der Waals surface area contributed by atoms with Crippen LogP contribution in [0.3, 0.4) is 0 Å². The number of hydrogen-bond donors (Lipinski definition) is 1. The van der Waals surface area contributed by atoms with Crippen molar-refractivity contribution in [3.05, 3.63) is 46.3 Å². The Labute approximate surface area is 130 Å². The molecule has 22 heavy (non-hydrogen) atoms. The molecular weight excluding hydrogens is 327 g/mol. The summed E-state index contributed by atoms with van der Waals surface area (Å²) in [5, 5.41) is 4.86. The number of aryl methyl sites for hydroxylation is 2. The van der Waals surface area contributed by atoms with Crippen LogP contribution in [0.4, 0.5) is 4.39 Å². The molecule has 3 aromatic rings. The Bertz CT molecular complexity index is 946. The molecule has 3 rings (SSSR count). The molecule has 0 aliphatic rings. The van der Waals surface area contributed by atoms with Gasteiger partial charge in [0, 0.05) is 12.1 Å². The number of sulfonamides is 1. The second kappa shape index (κ2) is 5.41. The molecule has 0 atom stereocenters. The lowest BCUT2D eigenvalue weighted by Crippen LogP contribution is -2.25. The van der Waals surface area contributed by atoms with Crippen molar-refractivity contribution < 1.29 is 12.8 Å². The van der Waals surface area contributed by atoms with E-state index in [0.717, 1.165) is 0 Å². The summed E-state index contributed by atoms with van der Waals surface area (Å²) in [6.45, 7) is 3.25. The van der Waals surface area contributed by atoms with Crippen molar-refractivity contribution in [3.63, 3.8) is 0 Å². The molecule has 1 aromatic carbocycles. The first kappa shape index (κ1) is 15.1. The number of halogens is 1. The van der Waals surface area contributed by atoms with Gasteiger partial charge in [-0.25, -0.2) is 22.5 Å². The minimum absolute atomic E-state index is 0.0109. The van der Waals surface area contributed by atoms with Gasteiger partial charge in [0.1, 0.15) is 10.8 Å². The molecule has 6 nitrogen and oxygen atoms in total. The van der Waals surface area contributed by atoms with Crippen molar-refractivity contribution in [1.29, 1.82) is 0 Å². The normalized spacial score (nSPS) is 12.1. The lowest BCUT2D eigenvalue weighted by Gasteiger charge is -2.07. The maximum absolute atomic E-state index is 13.6. The molecule has 0 fully saturated rings. The number of aromatic nitrogens is 3. The topological polar surface area (TPSA) is 76.4 Å². The number of hydrogen-bond acceptors (Lipinski definition) is 5. The molecule has 116 valence electrons. The first-order valence-corrected chi connectivity index (χ1v) is 8.74. The number of benzene rings is 1. The Kier molecular flexibility index (Phi) is 3.71. The lowest BCUT2D eigenvalue weighted by molar-refractivity contribution is 0.566. The summed E-state index contributed by atoms with van der Waals surface area (Å²) in [6, 6.07) is 6.02. The van der Waals surface area contributed by atoms with Gasteiger partial charge in [-0.15, -0.1) is 0 Å². The standard InChI is InChI=1S/C13H13FN4O2S2/c1-8-12(18-13(16-8)21-9(2)17-18)22(19,20)15-7-10-5-3-4-6-11(10)14/h3-6,15H,7H2,1-2H3. The van der Waals surface area contributed by atoms with Gasteiger partial charge in [-0.3, -0.25) is 0 Å². The SMILES string of the molecule is Cc1nn2c(S(=O)(=O)NCc3ccccc3F)c(C)nc2s1. The fourth-order valence-corrected chi connectivity index (χ4v) is 4.23. The maximum atomic E-state index is 13.6. The molecule has 2 aromatic heterocycles. The Morgan fingerprint density at radius 1 is 1.32 bits per heavy atom. The molecule has 0 radical (unpaired) electrons. The van der Waals surface area contributed by atoms with Gasteiger partial charge >= 0.3 is 0 Å². The van der Waals surface area contributed by atoms with E-state index in [4.69, 9.17) is 0 Å². The third-order valence-corrected chi connectivity index (χ3v) is 5.42. The van der Waals surface area contributed by atoms with Crippen LogP contribution < -0.4 is 4.72 Å². The second-order valence-corrected chi connectivity index (χ2v) is 7.58. The Morgan fingerprint density at radius 2 is 2.05 bits per heavy atom. The molecule has 1 N–H and O–H groups in total. The molecule has 0 bridgehead atoms. The van der Waals surface area contributed by atoms with Crippen molar-refractivity contribution >= 4 is 26.3 Å². The van der Waals surface area contributed by atoms with Gasteiger partial charge in [0.05, 0.1) is 5.69 Å². The van der Waals surface area contributed by atoms with E-state index in [1.165, 1.54) is 28.0 Å². The summed E-state index contributed by atoms with van der Waals surface area (Å²) in [5.74, 6) is -0.454. The third kappa shape index (κ3) is 2.62. The van der Waals surface area contributed by atoms with Gasteiger partial charge in [-0.05, 0) is 19.9 Å². The predicted octanol–water partition coefficient (Wildman–Crippen LogP) is 2.03. The Hall–Kier alpha value is -1.84. The molecule has 0 spiro atoms. The monoisotopic (exact) mass is 340 g/mol. The molecule has 0 aliphatic heterocycles. The molecule has 0 amide bonds. The third-order valence-electron chi connectivity index (χ3n) is 3.09. The first-order chi connectivity index (χ1) is 10.4. The highest BCUT2D eigenvalue weighted by Crippen LogP contribution is 2.21. The number of nitrogens with one attached hydrogen (secondary N) is 1. The van der Waals surface area contributed by atoms with E-state index in [1.54, 1.807) is 26.0 Å². The molecule has 0 unspecified atom stereocenters. The van der Waals surface area contributed by atoms with E-state index in [0.29, 0.717) is 15.7 Å². The van der Waals surface area contributed by atoms with Crippen LogP contribution in [0, 0.1) is 19.7 Å². The highest BCUT2D eigenvalue weighted by molar-refractivity contribution is 7.89. The van der Waals surface area contributed by atoms with Gasteiger partial charge < -0.3 is 0 Å². The van der Waals surface area contributed by atoms with E-state index in [2.05, 4.69) is 14.8 Å². The van der Waals surface area contributed by atoms with Crippen molar-refractivity contribution in [2.75, 3.05) is 0 Å². The minimum atomic E-state index is -3.85. The van der Waals surface area contributed by atoms with Crippen molar-refractivity contribution in [1.82, 2.24) is 19.3 Å². The average molecular weight is 340 g/mol. The van der Waals surface area contributed by atoms with Gasteiger partial charge in [-0.2, -0.15) is 9.61 Å². The number of imidazole rings is 1. The molecule has 0 saturated carbocycles. The number of rotatable bonds is 4. The predicted molar refractivity (Wildman–Crippen MR) is 80.8 cm³/mol. The molecule has 0 saturated heterocycles. The van der Waals surface area contributed by atoms with E-state index in [-0.39, 0.29) is 17.1 Å². The van der Waals surface area contributed by atoms with Gasteiger partial charge in [-0.1, -0.05) is 29.5 Å². The van der Waals surface area contributed by atoms with Gasteiger partial charge in [0.25, 0.3) is 10.0 Å². The van der Waals surface area contributed by atoms with Crippen molar-refractivity contribution in [2.45, 2.75) is 25.4 Å². The average Bonchev–Trinajstić information content (AvgIpc) is 2.92. The minimum Gasteiger partial charge on any atom is -0.221 e. The molecule has 0 aliphatic carbocycles. The van der Waals surface area contributed by atoms with Crippen molar-refractivity contribution in [2.24, 2.45) is 0 Å². The summed E-state index contributed by atoms with van der Waals surface area (Å²) >= 11 is 1.31. The van der Waals surface area contributed by atoms with E-state index in [9.17, 15) is 12.8 Å². The van der Waals surface area contributed by atoms with Crippen LogP contribution >= 0.6 is 11.3 Å². The Balaban J connectivity index is 1.95. The first-order valence-electron chi connectivity index (χ1n) is 6.44. The number of fused-ring (bicyclic) bond motifs is 1. The van der Waals surface area contributed by atoms with E-state index < -0.39 is 15.8 Å². The van der Waals surface area contributed by atoms with Crippen LogP contribution in [-0.4, -0.2) is 23.0 Å². The fourth-order valence-electron chi connectivity index (χ4n) is 2.12. The summed E-state index contributed by atoms with van der Waals surface area (Å²) < 4.78 is 42.3. The molecular formula is C13H13FN4O2S2. The fraction of sp³-hybridized carbons (Fsp3) is 0.231. The summed E-state index contributed by atoms with van der Waals surface area (Å²) in [4.78, 5) is 4.71. The molecule has 2 heterocycles. The number of nitrogens with zero attached hydrogens (tertiary/aromatic N) is 3. The highest BCUT2D eigenvalue weighted by atomic mass is 32.2. The zero-order valence-electron chi connectivity index (χ0n) is 11.9. The van der Waals surface area contributed by atoms with Crippen LogP contribution in [0.1, 0.15) is 16.3 Å². The quantitative estimate of drug-likeness (QED) is 0.788. The smallest absolute Gasteiger partial charge is 0.221 e.